The van der Waals surface area contributed by atoms with E-state index < -0.39 is 22.3 Å². The van der Waals surface area contributed by atoms with Crippen LogP contribution >= 0.6 is 0 Å². The van der Waals surface area contributed by atoms with Gasteiger partial charge < -0.3 is 15.2 Å². The maximum absolute atomic E-state index is 13.2. The molecule has 0 bridgehead atoms. The number of allylic oxidation sites excluding steroid dienone is 2. The number of aromatic hydroxyl groups is 1. The first-order valence-corrected chi connectivity index (χ1v) is 10.1. The lowest BCUT2D eigenvalue weighted by atomic mass is 9.73. The number of ketones is 1. The Bertz CT molecular complexity index is 1090. The SMILES string of the molecule is CCOc1cc(C2CC(=O)NC3=C2C(=O)CC(c2ccccc2)C3)cc([N+](=O)[O-])c1O. The van der Waals surface area contributed by atoms with Crippen LogP contribution in [0.25, 0.3) is 0 Å². The van der Waals surface area contributed by atoms with E-state index in [0.717, 1.165) is 5.56 Å². The number of nitrogens with zero attached hydrogens (tertiary/aromatic N) is 1. The number of carbonyl (C=O) groups excluding carboxylic acids is 2. The van der Waals surface area contributed by atoms with E-state index in [2.05, 4.69) is 5.32 Å². The van der Waals surface area contributed by atoms with E-state index in [0.29, 0.717) is 29.7 Å². The lowest BCUT2D eigenvalue weighted by Gasteiger charge is -2.34. The van der Waals surface area contributed by atoms with Gasteiger partial charge >= 0.3 is 5.69 Å². The Morgan fingerprint density at radius 2 is 1.87 bits per heavy atom. The molecule has 0 saturated heterocycles. The zero-order valence-electron chi connectivity index (χ0n) is 17.0. The number of ether oxygens (including phenoxy) is 1. The minimum atomic E-state index is -0.701. The predicted octanol–water partition coefficient (Wildman–Crippen LogP) is 3.70. The van der Waals surface area contributed by atoms with Gasteiger partial charge in [0, 0.05) is 36.1 Å². The van der Waals surface area contributed by atoms with Gasteiger partial charge in [-0.1, -0.05) is 30.3 Å². The fourth-order valence-electron chi connectivity index (χ4n) is 4.43. The number of phenolic OH excluding ortho intramolecular Hbond substituents is 1. The van der Waals surface area contributed by atoms with Crippen molar-refractivity contribution in [3.05, 3.63) is 75.0 Å². The van der Waals surface area contributed by atoms with E-state index >= 15 is 0 Å². The van der Waals surface area contributed by atoms with Crippen molar-refractivity contribution in [1.29, 1.82) is 0 Å². The molecule has 160 valence electrons. The van der Waals surface area contributed by atoms with E-state index in [-0.39, 0.29) is 36.4 Å². The molecule has 2 aliphatic rings. The van der Waals surface area contributed by atoms with Crippen LogP contribution in [-0.2, 0) is 9.59 Å². The summed E-state index contributed by atoms with van der Waals surface area (Å²) in [7, 11) is 0. The lowest BCUT2D eigenvalue weighted by molar-refractivity contribution is -0.386. The van der Waals surface area contributed by atoms with E-state index in [4.69, 9.17) is 4.74 Å². The summed E-state index contributed by atoms with van der Waals surface area (Å²) in [6, 6.07) is 12.4. The topological polar surface area (TPSA) is 119 Å². The number of nitro groups is 1. The number of amides is 1. The fraction of sp³-hybridized carbons (Fsp3) is 0.304. The Balaban J connectivity index is 1.78. The zero-order valence-corrected chi connectivity index (χ0v) is 17.0. The van der Waals surface area contributed by atoms with Crippen LogP contribution in [-0.4, -0.2) is 28.3 Å². The van der Waals surface area contributed by atoms with Crippen molar-refractivity contribution in [2.24, 2.45) is 0 Å². The van der Waals surface area contributed by atoms with Crippen molar-refractivity contribution in [3.63, 3.8) is 0 Å². The molecule has 0 radical (unpaired) electrons. The number of hydrogen-bond donors (Lipinski definition) is 2. The van der Waals surface area contributed by atoms with E-state index in [1.807, 2.05) is 30.3 Å². The third kappa shape index (κ3) is 3.88. The van der Waals surface area contributed by atoms with Gasteiger partial charge in [0.05, 0.1) is 11.5 Å². The number of benzene rings is 2. The predicted molar refractivity (Wildman–Crippen MR) is 112 cm³/mol. The molecule has 0 saturated carbocycles. The Hall–Kier alpha value is -3.68. The molecule has 2 unspecified atom stereocenters. The molecule has 1 aliphatic heterocycles. The van der Waals surface area contributed by atoms with Crippen LogP contribution in [0.1, 0.15) is 49.1 Å². The van der Waals surface area contributed by atoms with E-state index in [9.17, 15) is 24.8 Å². The molecule has 0 aromatic heterocycles. The van der Waals surface area contributed by atoms with Crippen molar-refractivity contribution >= 4 is 17.4 Å². The van der Waals surface area contributed by atoms with Gasteiger partial charge in [-0.25, -0.2) is 0 Å². The standard InChI is InChI=1S/C23H22N2O6/c1-2-31-20-11-15(9-18(23(20)28)25(29)30)16-12-21(27)24-17-8-14(10-19(26)22(16)17)13-6-4-3-5-7-13/h3-7,9,11,14,16,28H,2,8,10,12H2,1H3,(H,24,27). The van der Waals surface area contributed by atoms with Crippen LogP contribution in [0.4, 0.5) is 5.69 Å². The second-order valence-corrected chi connectivity index (χ2v) is 7.71. The molecule has 31 heavy (non-hydrogen) atoms. The molecular weight excluding hydrogens is 400 g/mol. The lowest BCUT2D eigenvalue weighted by Crippen LogP contribution is -2.38. The Morgan fingerprint density at radius 3 is 2.55 bits per heavy atom. The van der Waals surface area contributed by atoms with Gasteiger partial charge in [-0.3, -0.25) is 19.7 Å². The average molecular weight is 422 g/mol. The zero-order chi connectivity index (χ0) is 22.1. The summed E-state index contributed by atoms with van der Waals surface area (Å²) < 4.78 is 5.37. The molecule has 1 amide bonds. The maximum atomic E-state index is 13.2. The van der Waals surface area contributed by atoms with Crippen molar-refractivity contribution in [2.45, 2.75) is 38.0 Å². The molecule has 1 heterocycles. The molecule has 1 aliphatic carbocycles. The molecule has 0 fully saturated rings. The first kappa shape index (κ1) is 20.6. The molecule has 2 aromatic carbocycles. The Kier molecular flexibility index (Phi) is 5.46. The number of hydrogen-bond acceptors (Lipinski definition) is 6. The fourth-order valence-corrected chi connectivity index (χ4v) is 4.43. The molecule has 8 nitrogen and oxygen atoms in total. The highest BCUT2D eigenvalue weighted by Gasteiger charge is 2.39. The average Bonchev–Trinajstić information content (AvgIpc) is 2.74. The summed E-state index contributed by atoms with van der Waals surface area (Å²) >= 11 is 0. The van der Waals surface area contributed by atoms with E-state index in [1.54, 1.807) is 6.92 Å². The summed E-state index contributed by atoms with van der Waals surface area (Å²) in [5, 5.41) is 24.5. The van der Waals surface area contributed by atoms with Gasteiger partial charge in [-0.15, -0.1) is 0 Å². The highest BCUT2D eigenvalue weighted by atomic mass is 16.6. The first-order chi connectivity index (χ1) is 14.9. The maximum Gasteiger partial charge on any atom is 0.314 e. The van der Waals surface area contributed by atoms with Crippen LogP contribution < -0.4 is 10.1 Å². The summed E-state index contributed by atoms with van der Waals surface area (Å²) in [5.74, 6) is -1.62. The molecule has 0 spiro atoms. The number of nitrogens with one attached hydrogen (secondary N) is 1. The summed E-state index contributed by atoms with van der Waals surface area (Å²) in [6.45, 7) is 1.89. The van der Waals surface area contributed by atoms with E-state index in [1.165, 1.54) is 12.1 Å². The van der Waals surface area contributed by atoms with Crippen molar-refractivity contribution in [3.8, 4) is 11.5 Å². The van der Waals surface area contributed by atoms with Crippen LogP contribution in [0.5, 0.6) is 11.5 Å². The van der Waals surface area contributed by atoms with Crippen LogP contribution in [0, 0.1) is 10.1 Å². The third-order valence-corrected chi connectivity index (χ3v) is 5.78. The van der Waals surface area contributed by atoms with Crippen LogP contribution in [0.2, 0.25) is 0 Å². The number of phenols is 1. The molecule has 2 aromatic rings. The molecule has 2 atom stereocenters. The van der Waals surface area contributed by atoms with Gasteiger partial charge in [0.2, 0.25) is 11.7 Å². The Morgan fingerprint density at radius 1 is 1.13 bits per heavy atom. The minimum Gasteiger partial charge on any atom is -0.500 e. The van der Waals surface area contributed by atoms with Gasteiger partial charge in [-0.2, -0.15) is 0 Å². The highest BCUT2D eigenvalue weighted by Crippen LogP contribution is 2.46. The van der Waals surface area contributed by atoms with Crippen molar-refractivity contribution in [1.82, 2.24) is 5.32 Å². The smallest absolute Gasteiger partial charge is 0.314 e. The molecule has 2 N–H and O–H groups in total. The summed E-state index contributed by atoms with van der Waals surface area (Å²) in [4.78, 5) is 36.4. The first-order valence-electron chi connectivity index (χ1n) is 10.1. The van der Waals surface area contributed by atoms with Gasteiger partial charge in [0.15, 0.2) is 11.5 Å². The minimum absolute atomic E-state index is 0.00588. The second-order valence-electron chi connectivity index (χ2n) is 7.71. The van der Waals surface area contributed by atoms with Crippen LogP contribution in [0.3, 0.4) is 0 Å². The van der Waals surface area contributed by atoms with Crippen molar-refractivity contribution in [2.75, 3.05) is 6.61 Å². The van der Waals surface area contributed by atoms with Gasteiger partial charge in [0.1, 0.15) is 0 Å². The summed E-state index contributed by atoms with van der Waals surface area (Å²) in [6.07, 6.45) is 0.799. The van der Waals surface area contributed by atoms with Gasteiger partial charge in [0.25, 0.3) is 0 Å². The van der Waals surface area contributed by atoms with Crippen molar-refractivity contribution < 1.29 is 24.4 Å². The number of Topliss-reactive ketones (excluding diaryl/α,β-unsaturated/α-hetero) is 1. The quantitative estimate of drug-likeness (QED) is 0.560. The monoisotopic (exact) mass is 422 g/mol. The summed E-state index contributed by atoms with van der Waals surface area (Å²) in [5.41, 5.74) is 1.97. The second kappa shape index (κ2) is 8.22. The normalized spacial score (nSPS) is 20.8. The number of rotatable bonds is 5. The Labute approximate surface area is 178 Å². The molecular formula is C23H22N2O6. The molecule has 4 rings (SSSR count). The number of nitro benzene ring substituents is 1. The van der Waals surface area contributed by atoms with Gasteiger partial charge in [-0.05, 0) is 36.5 Å². The number of carbonyl (C=O) groups is 2. The van der Waals surface area contributed by atoms with Crippen LogP contribution in [0.15, 0.2) is 53.7 Å². The molecule has 8 heteroatoms. The highest BCUT2D eigenvalue weighted by molar-refractivity contribution is 6.02. The third-order valence-electron chi connectivity index (χ3n) is 5.78. The largest absolute Gasteiger partial charge is 0.500 e.